The van der Waals surface area contributed by atoms with Gasteiger partial charge in [0.1, 0.15) is 6.04 Å². The van der Waals surface area contributed by atoms with Crippen LogP contribution in [0.3, 0.4) is 0 Å². The Morgan fingerprint density at radius 3 is 2.63 bits per heavy atom. The first-order valence-corrected chi connectivity index (χ1v) is 6.43. The van der Waals surface area contributed by atoms with Crippen molar-refractivity contribution in [3.63, 3.8) is 0 Å². The summed E-state index contributed by atoms with van der Waals surface area (Å²) in [6.07, 6.45) is 4.01. The van der Waals surface area contributed by atoms with E-state index in [9.17, 15) is 4.79 Å². The predicted molar refractivity (Wildman–Crippen MR) is 73.8 cm³/mol. The molecule has 0 aliphatic carbocycles. The smallest absolute Gasteiger partial charge is 0.242 e. The van der Waals surface area contributed by atoms with Gasteiger partial charge in [0.2, 0.25) is 11.9 Å². The lowest BCUT2D eigenvalue weighted by Gasteiger charge is -2.19. The van der Waals surface area contributed by atoms with Gasteiger partial charge in [0, 0.05) is 26.0 Å². The van der Waals surface area contributed by atoms with Crippen molar-refractivity contribution in [2.75, 3.05) is 25.6 Å². The minimum absolute atomic E-state index is 0.0572. The molecule has 0 unspecified atom stereocenters. The number of methoxy groups -OCH3 is 1. The van der Waals surface area contributed by atoms with E-state index in [1.54, 1.807) is 25.6 Å². The van der Waals surface area contributed by atoms with Crippen molar-refractivity contribution in [3.8, 4) is 0 Å². The highest BCUT2D eigenvalue weighted by Crippen LogP contribution is 2.09. The van der Waals surface area contributed by atoms with Crippen molar-refractivity contribution >= 4 is 11.9 Å². The number of hydrogen-bond acceptors (Lipinski definition) is 5. The third kappa shape index (κ3) is 6.15. The van der Waals surface area contributed by atoms with E-state index in [4.69, 9.17) is 4.74 Å². The summed E-state index contributed by atoms with van der Waals surface area (Å²) in [7, 11) is 1.60. The summed E-state index contributed by atoms with van der Waals surface area (Å²) in [6.45, 7) is 5.15. The number of ether oxygens (including phenoxy) is 1. The molecule has 19 heavy (non-hydrogen) atoms. The number of rotatable bonds is 8. The van der Waals surface area contributed by atoms with Gasteiger partial charge in [-0.1, -0.05) is 13.8 Å². The Morgan fingerprint density at radius 1 is 1.37 bits per heavy atom. The monoisotopic (exact) mass is 266 g/mol. The van der Waals surface area contributed by atoms with Crippen molar-refractivity contribution in [2.24, 2.45) is 5.92 Å². The third-order valence-electron chi connectivity index (χ3n) is 2.50. The first kappa shape index (κ1) is 15.4. The van der Waals surface area contributed by atoms with Gasteiger partial charge in [0.05, 0.1) is 6.61 Å². The van der Waals surface area contributed by atoms with E-state index in [1.807, 2.05) is 0 Å². The van der Waals surface area contributed by atoms with Crippen LogP contribution in [0.4, 0.5) is 5.95 Å². The van der Waals surface area contributed by atoms with Crippen LogP contribution in [-0.4, -0.2) is 42.2 Å². The molecule has 0 saturated carbocycles. The third-order valence-corrected chi connectivity index (χ3v) is 2.50. The van der Waals surface area contributed by atoms with Crippen LogP contribution < -0.4 is 10.6 Å². The molecule has 0 spiro atoms. The van der Waals surface area contributed by atoms with Crippen molar-refractivity contribution < 1.29 is 9.53 Å². The zero-order chi connectivity index (χ0) is 14.1. The average Bonchev–Trinajstić information content (AvgIpc) is 2.39. The highest BCUT2D eigenvalue weighted by molar-refractivity contribution is 5.84. The van der Waals surface area contributed by atoms with Crippen LogP contribution >= 0.6 is 0 Å². The van der Waals surface area contributed by atoms with Gasteiger partial charge in [-0.05, 0) is 18.4 Å². The maximum atomic E-state index is 12.1. The quantitative estimate of drug-likeness (QED) is 0.688. The van der Waals surface area contributed by atoms with Crippen molar-refractivity contribution in [1.82, 2.24) is 15.3 Å². The van der Waals surface area contributed by atoms with Gasteiger partial charge in [-0.15, -0.1) is 0 Å². The molecule has 1 amide bonds. The Kier molecular flexibility index (Phi) is 6.81. The predicted octanol–water partition coefficient (Wildman–Crippen LogP) is 1.07. The number of nitrogens with zero attached hydrogens (tertiary/aromatic N) is 2. The zero-order valence-electron chi connectivity index (χ0n) is 11.7. The molecule has 106 valence electrons. The summed E-state index contributed by atoms with van der Waals surface area (Å²) in [6, 6.07) is 1.40. The van der Waals surface area contributed by atoms with E-state index < -0.39 is 0 Å². The van der Waals surface area contributed by atoms with E-state index in [2.05, 4.69) is 34.4 Å². The number of carbonyl (C=O) groups is 1. The van der Waals surface area contributed by atoms with Crippen molar-refractivity contribution in [1.29, 1.82) is 0 Å². The first-order chi connectivity index (χ1) is 9.13. The number of aromatic nitrogens is 2. The topological polar surface area (TPSA) is 76.1 Å². The fourth-order valence-electron chi connectivity index (χ4n) is 1.63. The SMILES string of the molecule is COCCNC(=O)[C@H](CC(C)C)Nc1ncccn1. The van der Waals surface area contributed by atoms with Gasteiger partial charge in [-0.25, -0.2) is 9.97 Å². The molecule has 2 N–H and O–H groups in total. The molecule has 1 heterocycles. The number of amides is 1. The van der Waals surface area contributed by atoms with E-state index in [1.165, 1.54) is 0 Å². The van der Waals surface area contributed by atoms with Gasteiger partial charge in [-0.3, -0.25) is 4.79 Å². The lowest BCUT2D eigenvalue weighted by atomic mass is 10.0. The fourth-order valence-corrected chi connectivity index (χ4v) is 1.63. The summed E-state index contributed by atoms with van der Waals surface area (Å²) in [4.78, 5) is 20.2. The minimum Gasteiger partial charge on any atom is -0.383 e. The van der Waals surface area contributed by atoms with Gasteiger partial charge in [-0.2, -0.15) is 0 Å². The summed E-state index contributed by atoms with van der Waals surface area (Å²) in [5, 5.41) is 5.89. The molecule has 0 radical (unpaired) electrons. The molecule has 0 saturated heterocycles. The molecule has 6 nitrogen and oxygen atoms in total. The van der Waals surface area contributed by atoms with Gasteiger partial charge in [0.25, 0.3) is 0 Å². The summed E-state index contributed by atoms with van der Waals surface area (Å²) < 4.78 is 4.91. The van der Waals surface area contributed by atoms with Crippen LogP contribution in [0.5, 0.6) is 0 Å². The van der Waals surface area contributed by atoms with E-state index in [0.29, 0.717) is 25.0 Å². The van der Waals surface area contributed by atoms with Crippen LogP contribution in [0.25, 0.3) is 0 Å². The van der Waals surface area contributed by atoms with Crippen LogP contribution in [-0.2, 0) is 9.53 Å². The summed E-state index contributed by atoms with van der Waals surface area (Å²) in [5.74, 6) is 0.808. The van der Waals surface area contributed by atoms with E-state index in [0.717, 1.165) is 6.42 Å². The Hall–Kier alpha value is -1.69. The van der Waals surface area contributed by atoms with Crippen LogP contribution in [0.15, 0.2) is 18.5 Å². The molecule has 0 aliphatic heterocycles. The molecular weight excluding hydrogens is 244 g/mol. The molecule has 0 aliphatic rings. The summed E-state index contributed by atoms with van der Waals surface area (Å²) in [5.41, 5.74) is 0. The zero-order valence-corrected chi connectivity index (χ0v) is 11.7. The van der Waals surface area contributed by atoms with Crippen LogP contribution in [0.1, 0.15) is 20.3 Å². The normalized spacial score (nSPS) is 12.2. The number of carbonyl (C=O) groups excluding carboxylic acids is 1. The molecule has 1 rings (SSSR count). The van der Waals surface area contributed by atoms with Crippen molar-refractivity contribution in [2.45, 2.75) is 26.3 Å². The molecule has 0 aromatic carbocycles. The van der Waals surface area contributed by atoms with Gasteiger partial charge < -0.3 is 15.4 Å². The van der Waals surface area contributed by atoms with E-state index in [-0.39, 0.29) is 11.9 Å². The second-order valence-electron chi connectivity index (χ2n) is 4.68. The van der Waals surface area contributed by atoms with Gasteiger partial charge >= 0.3 is 0 Å². The molecule has 0 fully saturated rings. The van der Waals surface area contributed by atoms with Crippen LogP contribution in [0, 0.1) is 5.92 Å². The average molecular weight is 266 g/mol. The number of nitrogens with one attached hydrogen (secondary N) is 2. The maximum Gasteiger partial charge on any atom is 0.242 e. The van der Waals surface area contributed by atoms with E-state index >= 15 is 0 Å². The number of anilines is 1. The second-order valence-corrected chi connectivity index (χ2v) is 4.68. The first-order valence-electron chi connectivity index (χ1n) is 6.43. The largest absolute Gasteiger partial charge is 0.383 e. The van der Waals surface area contributed by atoms with Crippen LogP contribution in [0.2, 0.25) is 0 Å². The Labute approximate surface area is 114 Å². The fraction of sp³-hybridized carbons (Fsp3) is 0.615. The Bertz CT molecular complexity index is 370. The maximum absolute atomic E-state index is 12.1. The standard InChI is InChI=1S/C13H22N4O2/c1-10(2)9-11(12(18)14-7-8-19-3)17-13-15-5-4-6-16-13/h4-6,10-11H,7-9H2,1-3H3,(H,14,18)(H,15,16,17)/t11-/m0/s1. The molecule has 1 atom stereocenters. The highest BCUT2D eigenvalue weighted by atomic mass is 16.5. The highest BCUT2D eigenvalue weighted by Gasteiger charge is 2.20. The second kappa shape index (κ2) is 8.42. The molecule has 1 aromatic heterocycles. The summed E-state index contributed by atoms with van der Waals surface area (Å²) >= 11 is 0. The Morgan fingerprint density at radius 2 is 2.05 bits per heavy atom. The Balaban J connectivity index is 2.58. The minimum atomic E-state index is -0.334. The lowest BCUT2D eigenvalue weighted by molar-refractivity contribution is -0.122. The molecular formula is C13H22N4O2. The van der Waals surface area contributed by atoms with Crippen molar-refractivity contribution in [3.05, 3.63) is 18.5 Å². The number of hydrogen-bond donors (Lipinski definition) is 2. The van der Waals surface area contributed by atoms with Gasteiger partial charge in [0.15, 0.2) is 0 Å². The molecule has 6 heteroatoms. The molecule has 0 bridgehead atoms. The lowest BCUT2D eigenvalue weighted by Crippen LogP contribution is -2.42. The molecule has 1 aromatic rings.